The molecule has 5 rings (SSSR count). The number of hydrogen-bond acceptors (Lipinski definition) is 4. The van der Waals surface area contributed by atoms with E-state index in [1.165, 1.54) is 0 Å². The molecule has 8 heteroatoms. The zero-order valence-corrected chi connectivity index (χ0v) is 23.6. The van der Waals surface area contributed by atoms with Crippen LogP contribution in [0.3, 0.4) is 0 Å². The highest BCUT2D eigenvalue weighted by molar-refractivity contribution is 6.30. The summed E-state index contributed by atoms with van der Waals surface area (Å²) in [5, 5.41) is 3.52. The number of amides is 3. The smallest absolute Gasteiger partial charge is 0.258 e. The number of benzene rings is 3. The Kier molecular flexibility index (Phi) is 8.40. The molecule has 1 saturated carbocycles. The molecule has 0 saturated heterocycles. The van der Waals surface area contributed by atoms with Crippen LogP contribution in [0.2, 0.25) is 5.02 Å². The van der Waals surface area contributed by atoms with E-state index < -0.39 is 0 Å². The maximum absolute atomic E-state index is 13.8. The van der Waals surface area contributed by atoms with Crippen LogP contribution in [-0.2, 0) is 9.59 Å². The molecule has 0 spiro atoms. The summed E-state index contributed by atoms with van der Waals surface area (Å²) >= 11 is 6.10. The molecule has 1 fully saturated rings. The first-order valence-electron chi connectivity index (χ1n) is 13.8. The van der Waals surface area contributed by atoms with E-state index in [9.17, 15) is 14.4 Å². The van der Waals surface area contributed by atoms with Crippen molar-refractivity contribution in [3.05, 3.63) is 88.9 Å². The molecule has 1 aliphatic carbocycles. The molecular formula is C32H34ClN3O4. The highest BCUT2D eigenvalue weighted by atomic mass is 35.5. The molecule has 208 valence electrons. The van der Waals surface area contributed by atoms with Crippen LogP contribution < -0.4 is 19.9 Å². The van der Waals surface area contributed by atoms with Gasteiger partial charge in [-0.05, 0) is 86.3 Å². The van der Waals surface area contributed by atoms with E-state index in [1.807, 2.05) is 48.2 Å². The van der Waals surface area contributed by atoms with E-state index in [0.29, 0.717) is 35.9 Å². The largest absolute Gasteiger partial charge is 0.492 e. The summed E-state index contributed by atoms with van der Waals surface area (Å²) in [4.78, 5) is 42.2. The van der Waals surface area contributed by atoms with E-state index in [2.05, 4.69) is 5.32 Å². The number of nitrogens with zero attached hydrogens (tertiary/aromatic N) is 2. The number of halogens is 1. The van der Waals surface area contributed by atoms with Crippen molar-refractivity contribution >= 4 is 40.7 Å². The van der Waals surface area contributed by atoms with E-state index in [0.717, 1.165) is 36.2 Å². The fourth-order valence-corrected chi connectivity index (χ4v) is 5.64. The summed E-state index contributed by atoms with van der Waals surface area (Å²) < 4.78 is 5.77. The van der Waals surface area contributed by atoms with Crippen molar-refractivity contribution in [3.8, 4) is 5.75 Å². The van der Waals surface area contributed by atoms with Crippen LogP contribution in [0.4, 0.5) is 11.4 Å². The average molecular weight is 560 g/mol. The molecule has 2 atom stereocenters. The summed E-state index contributed by atoms with van der Waals surface area (Å²) in [5.41, 5.74) is 3.02. The molecule has 1 heterocycles. The predicted octanol–water partition coefficient (Wildman–Crippen LogP) is 6.17. The van der Waals surface area contributed by atoms with Gasteiger partial charge in [0.25, 0.3) is 5.91 Å². The average Bonchev–Trinajstić information content (AvgIpc) is 2.91. The Balaban J connectivity index is 1.30. The Hall–Kier alpha value is -3.84. The van der Waals surface area contributed by atoms with Gasteiger partial charge in [0.05, 0.1) is 12.6 Å². The molecule has 0 bridgehead atoms. The van der Waals surface area contributed by atoms with E-state index >= 15 is 0 Å². The molecule has 3 aromatic rings. The van der Waals surface area contributed by atoms with Gasteiger partial charge in [-0.15, -0.1) is 0 Å². The fourth-order valence-electron chi connectivity index (χ4n) is 5.51. The lowest BCUT2D eigenvalue weighted by Crippen LogP contribution is -2.47. The monoisotopic (exact) mass is 559 g/mol. The number of hydrogen-bond donors (Lipinski definition) is 1. The number of carbonyl (C=O) groups is 3. The minimum absolute atomic E-state index is 0.0766. The van der Waals surface area contributed by atoms with Crippen LogP contribution in [0.5, 0.6) is 5.75 Å². The van der Waals surface area contributed by atoms with Crippen molar-refractivity contribution < 1.29 is 19.1 Å². The van der Waals surface area contributed by atoms with Gasteiger partial charge in [0.1, 0.15) is 12.4 Å². The lowest BCUT2D eigenvalue weighted by atomic mass is 9.85. The summed E-state index contributed by atoms with van der Waals surface area (Å²) in [6, 6.07) is 21.7. The molecule has 7 nitrogen and oxygen atoms in total. The minimum Gasteiger partial charge on any atom is -0.492 e. The highest BCUT2D eigenvalue weighted by Crippen LogP contribution is 2.43. The molecule has 2 unspecified atom stereocenters. The van der Waals surface area contributed by atoms with Gasteiger partial charge in [-0.2, -0.15) is 0 Å². The maximum Gasteiger partial charge on any atom is 0.258 e. The Morgan fingerprint density at radius 3 is 2.35 bits per heavy atom. The van der Waals surface area contributed by atoms with Crippen LogP contribution in [0.25, 0.3) is 0 Å². The Bertz CT molecular complexity index is 1370. The third-order valence-corrected chi connectivity index (χ3v) is 8.03. The quantitative estimate of drug-likeness (QED) is 0.335. The van der Waals surface area contributed by atoms with E-state index in [4.69, 9.17) is 16.3 Å². The normalized spacial score (nSPS) is 18.3. The van der Waals surface area contributed by atoms with Gasteiger partial charge in [-0.3, -0.25) is 14.4 Å². The van der Waals surface area contributed by atoms with Crippen molar-refractivity contribution in [2.75, 3.05) is 23.0 Å². The number of carbonyl (C=O) groups excluding carboxylic acids is 3. The minimum atomic E-state index is -0.227. The molecule has 3 aromatic carbocycles. The second-order valence-corrected chi connectivity index (χ2v) is 10.9. The van der Waals surface area contributed by atoms with Crippen molar-refractivity contribution in [3.63, 3.8) is 0 Å². The molecule has 0 radical (unpaired) electrons. The van der Waals surface area contributed by atoms with Gasteiger partial charge in [0, 0.05) is 40.8 Å². The number of ether oxygens (including phenoxy) is 1. The first-order valence-corrected chi connectivity index (χ1v) is 14.2. The van der Waals surface area contributed by atoms with Crippen LogP contribution >= 0.6 is 11.6 Å². The molecule has 2 aliphatic rings. The number of anilines is 2. The van der Waals surface area contributed by atoms with Crippen molar-refractivity contribution in [1.29, 1.82) is 0 Å². The lowest BCUT2D eigenvalue weighted by Gasteiger charge is -2.43. The number of para-hydroxylation sites is 1. The molecule has 1 aliphatic heterocycles. The highest BCUT2D eigenvalue weighted by Gasteiger charge is 2.38. The first kappa shape index (κ1) is 27.7. The van der Waals surface area contributed by atoms with E-state index in [1.54, 1.807) is 48.2 Å². The Morgan fingerprint density at radius 2 is 1.70 bits per heavy atom. The van der Waals surface area contributed by atoms with Gasteiger partial charge in [-0.25, -0.2) is 0 Å². The second-order valence-electron chi connectivity index (χ2n) is 10.5. The fraction of sp³-hybridized carbons (Fsp3) is 0.344. The standard InChI is InChI=1S/C32H34ClN3O4/c1-21-20-30(36(22(2)37)26-14-12-25(33)13-15-26)28-8-3-4-9-29(28)35(21)32(39)24-10-16-27(17-11-24)40-19-18-34-31(38)23-6-5-7-23/h3-4,8-17,21,23,30H,5-7,18-20H2,1-2H3,(H,34,38). The van der Waals surface area contributed by atoms with E-state index in [-0.39, 0.29) is 35.7 Å². The van der Waals surface area contributed by atoms with Crippen LogP contribution in [0.15, 0.2) is 72.8 Å². The number of nitrogens with one attached hydrogen (secondary N) is 1. The van der Waals surface area contributed by atoms with Crippen LogP contribution in [0, 0.1) is 5.92 Å². The Morgan fingerprint density at radius 1 is 1.00 bits per heavy atom. The Labute approximate surface area is 240 Å². The summed E-state index contributed by atoms with van der Waals surface area (Å²) in [7, 11) is 0. The van der Waals surface area contributed by atoms with Gasteiger partial charge < -0.3 is 19.9 Å². The number of fused-ring (bicyclic) bond motifs is 1. The van der Waals surface area contributed by atoms with Gasteiger partial charge in [0.2, 0.25) is 11.8 Å². The second kappa shape index (κ2) is 12.1. The predicted molar refractivity (Wildman–Crippen MR) is 157 cm³/mol. The topological polar surface area (TPSA) is 79.0 Å². The van der Waals surface area contributed by atoms with Crippen molar-refractivity contribution in [1.82, 2.24) is 5.32 Å². The van der Waals surface area contributed by atoms with Crippen molar-refractivity contribution in [2.45, 2.75) is 51.6 Å². The summed E-state index contributed by atoms with van der Waals surface area (Å²) in [6.45, 7) is 4.39. The lowest BCUT2D eigenvalue weighted by molar-refractivity contribution is -0.127. The molecule has 3 amide bonds. The third-order valence-electron chi connectivity index (χ3n) is 7.78. The number of rotatable bonds is 8. The molecule has 1 N–H and O–H groups in total. The van der Waals surface area contributed by atoms with Crippen LogP contribution in [-0.4, -0.2) is 36.9 Å². The summed E-state index contributed by atoms with van der Waals surface area (Å²) in [6.07, 6.45) is 3.65. The van der Waals surface area contributed by atoms with Gasteiger partial charge in [-0.1, -0.05) is 36.2 Å². The first-order chi connectivity index (χ1) is 19.3. The SMILES string of the molecule is CC(=O)N(c1ccc(Cl)cc1)C1CC(C)N(C(=O)c2ccc(OCCNC(=O)C3CCC3)cc2)c2ccccc21. The maximum atomic E-state index is 13.8. The summed E-state index contributed by atoms with van der Waals surface area (Å²) in [5.74, 6) is 0.715. The zero-order chi connectivity index (χ0) is 28.2. The van der Waals surface area contributed by atoms with Crippen LogP contribution in [0.1, 0.15) is 61.5 Å². The van der Waals surface area contributed by atoms with Gasteiger partial charge >= 0.3 is 0 Å². The molecular weight excluding hydrogens is 526 g/mol. The molecule has 0 aromatic heterocycles. The van der Waals surface area contributed by atoms with Crippen molar-refractivity contribution in [2.24, 2.45) is 5.92 Å². The zero-order valence-electron chi connectivity index (χ0n) is 22.8. The molecule has 40 heavy (non-hydrogen) atoms. The third kappa shape index (κ3) is 5.85. The van der Waals surface area contributed by atoms with Gasteiger partial charge in [0.15, 0.2) is 0 Å².